The molecule has 5 nitrogen and oxygen atoms in total. The zero-order valence-corrected chi connectivity index (χ0v) is 9.79. The molecule has 0 unspecified atom stereocenters. The molecule has 0 saturated heterocycles. The van der Waals surface area contributed by atoms with Gasteiger partial charge in [-0.15, -0.1) is 0 Å². The molecule has 0 aliphatic carbocycles. The fourth-order valence-electron chi connectivity index (χ4n) is 1.19. The minimum absolute atomic E-state index is 0.00947. The maximum absolute atomic E-state index is 11.4. The minimum Gasteiger partial charge on any atom is -0.370 e. The molecule has 0 aliphatic rings. The highest BCUT2D eigenvalue weighted by Crippen LogP contribution is 2.02. The number of nitrogens with zero attached hydrogens (tertiary/aromatic N) is 1. The van der Waals surface area contributed by atoms with Crippen LogP contribution in [0.15, 0.2) is 4.99 Å². The number of hydrogen-bond donors (Lipinski definition) is 3. The second kappa shape index (κ2) is 7.23. The van der Waals surface area contributed by atoms with Crippen molar-refractivity contribution in [2.45, 2.75) is 32.7 Å². The lowest BCUT2D eigenvalue weighted by molar-refractivity contribution is -0.123. The molecule has 0 aromatic carbocycles. The van der Waals surface area contributed by atoms with Crippen LogP contribution >= 0.6 is 0 Å². The summed E-state index contributed by atoms with van der Waals surface area (Å²) in [4.78, 5) is 15.2. The van der Waals surface area contributed by atoms with Crippen LogP contribution in [-0.4, -0.2) is 31.4 Å². The number of aliphatic imine (C=N–C) groups is 1. The van der Waals surface area contributed by atoms with E-state index < -0.39 is 0 Å². The molecule has 0 fully saturated rings. The second-order valence-electron chi connectivity index (χ2n) is 3.84. The highest BCUT2D eigenvalue weighted by atomic mass is 16.1. The van der Waals surface area contributed by atoms with Crippen molar-refractivity contribution in [2.24, 2.45) is 22.4 Å². The van der Waals surface area contributed by atoms with Crippen molar-refractivity contribution < 1.29 is 4.79 Å². The van der Waals surface area contributed by atoms with Crippen LogP contribution in [0.5, 0.6) is 0 Å². The fourth-order valence-corrected chi connectivity index (χ4v) is 1.19. The lowest BCUT2D eigenvalue weighted by atomic mass is 9.99. The van der Waals surface area contributed by atoms with Gasteiger partial charge in [-0.05, 0) is 12.8 Å². The van der Waals surface area contributed by atoms with Gasteiger partial charge in [-0.3, -0.25) is 9.79 Å². The van der Waals surface area contributed by atoms with E-state index in [1.807, 2.05) is 13.8 Å². The molecule has 15 heavy (non-hydrogen) atoms. The number of nitrogens with one attached hydrogen (secondary N) is 1. The highest BCUT2D eigenvalue weighted by molar-refractivity contribution is 5.85. The number of rotatable bonds is 6. The maximum atomic E-state index is 11.4. The fraction of sp³-hybridized carbons (Fsp3) is 0.800. The van der Waals surface area contributed by atoms with Gasteiger partial charge in [0.05, 0.1) is 6.04 Å². The standard InChI is InChI=1S/C10H22N4O/c1-7(2)9(15)8(11)5-4-6-14-10(12)13-3/h7-8H,4-6,11H2,1-3H3,(H3,12,13,14)/t8-/m1/s1. The Kier molecular flexibility index (Phi) is 6.70. The first kappa shape index (κ1) is 13.9. The van der Waals surface area contributed by atoms with E-state index in [0.717, 1.165) is 6.42 Å². The molecule has 1 atom stereocenters. The number of carbonyl (C=O) groups is 1. The van der Waals surface area contributed by atoms with E-state index in [0.29, 0.717) is 18.9 Å². The molecular weight excluding hydrogens is 192 g/mol. The molecular formula is C10H22N4O. The van der Waals surface area contributed by atoms with Crippen LogP contribution in [0, 0.1) is 5.92 Å². The van der Waals surface area contributed by atoms with Crippen molar-refractivity contribution >= 4 is 11.7 Å². The van der Waals surface area contributed by atoms with Crippen LogP contribution in [0.1, 0.15) is 26.7 Å². The van der Waals surface area contributed by atoms with E-state index >= 15 is 0 Å². The summed E-state index contributed by atoms with van der Waals surface area (Å²) in [5, 5.41) is 2.92. The Labute approximate surface area is 91.3 Å². The van der Waals surface area contributed by atoms with Gasteiger partial charge < -0.3 is 16.8 Å². The van der Waals surface area contributed by atoms with E-state index in [9.17, 15) is 4.79 Å². The molecule has 0 bridgehead atoms. The Balaban J connectivity index is 3.64. The topological polar surface area (TPSA) is 93.5 Å². The lowest BCUT2D eigenvalue weighted by Crippen LogP contribution is -2.36. The Hall–Kier alpha value is -1.10. The molecule has 0 saturated carbocycles. The van der Waals surface area contributed by atoms with Crippen molar-refractivity contribution in [3.8, 4) is 0 Å². The molecule has 0 rings (SSSR count). The Morgan fingerprint density at radius 3 is 2.53 bits per heavy atom. The number of ketones is 1. The van der Waals surface area contributed by atoms with Crippen molar-refractivity contribution in [2.75, 3.05) is 13.6 Å². The Morgan fingerprint density at radius 1 is 1.47 bits per heavy atom. The van der Waals surface area contributed by atoms with Gasteiger partial charge in [-0.2, -0.15) is 0 Å². The predicted molar refractivity (Wildman–Crippen MR) is 62.6 cm³/mol. The van der Waals surface area contributed by atoms with Crippen LogP contribution in [0.2, 0.25) is 0 Å². The van der Waals surface area contributed by atoms with E-state index in [4.69, 9.17) is 11.5 Å². The molecule has 5 heteroatoms. The Bertz CT molecular complexity index is 225. The number of nitrogens with two attached hydrogens (primary N) is 2. The quantitative estimate of drug-likeness (QED) is 0.326. The summed E-state index contributed by atoms with van der Waals surface area (Å²) >= 11 is 0. The van der Waals surface area contributed by atoms with Crippen LogP contribution in [-0.2, 0) is 4.79 Å². The number of guanidine groups is 1. The van der Waals surface area contributed by atoms with Gasteiger partial charge in [-0.25, -0.2) is 0 Å². The Morgan fingerprint density at radius 2 is 2.07 bits per heavy atom. The predicted octanol–water partition coefficient (Wildman–Crippen LogP) is -0.147. The van der Waals surface area contributed by atoms with Gasteiger partial charge in [0.15, 0.2) is 11.7 Å². The third kappa shape index (κ3) is 6.06. The van der Waals surface area contributed by atoms with Crippen LogP contribution in [0.4, 0.5) is 0 Å². The summed E-state index contributed by atoms with van der Waals surface area (Å²) in [6.07, 6.45) is 1.50. The van der Waals surface area contributed by atoms with Crippen LogP contribution in [0.3, 0.4) is 0 Å². The molecule has 88 valence electrons. The average Bonchev–Trinajstić information content (AvgIpc) is 2.22. The van der Waals surface area contributed by atoms with Gasteiger partial charge in [0.25, 0.3) is 0 Å². The van der Waals surface area contributed by atoms with E-state index in [1.165, 1.54) is 0 Å². The van der Waals surface area contributed by atoms with Crippen molar-refractivity contribution in [1.82, 2.24) is 5.32 Å². The van der Waals surface area contributed by atoms with Crippen LogP contribution < -0.4 is 16.8 Å². The van der Waals surface area contributed by atoms with Crippen molar-refractivity contribution in [3.05, 3.63) is 0 Å². The highest BCUT2D eigenvalue weighted by Gasteiger charge is 2.15. The molecule has 0 aromatic heterocycles. The summed E-state index contributed by atoms with van der Waals surface area (Å²) in [5.41, 5.74) is 11.2. The molecule has 0 heterocycles. The number of hydrogen-bond acceptors (Lipinski definition) is 3. The molecule has 0 aromatic rings. The first-order chi connectivity index (χ1) is 6.99. The molecule has 0 amide bonds. The number of Topliss-reactive ketones (excluding diaryl/α,β-unsaturated/α-hetero) is 1. The van der Waals surface area contributed by atoms with E-state index in [2.05, 4.69) is 10.3 Å². The summed E-state index contributed by atoms with van der Waals surface area (Å²) in [5.74, 6) is 0.543. The monoisotopic (exact) mass is 214 g/mol. The molecule has 0 aliphatic heterocycles. The van der Waals surface area contributed by atoms with Gasteiger partial charge >= 0.3 is 0 Å². The second-order valence-corrected chi connectivity index (χ2v) is 3.84. The first-order valence-corrected chi connectivity index (χ1v) is 5.24. The molecule has 0 radical (unpaired) electrons. The maximum Gasteiger partial charge on any atom is 0.188 e. The van der Waals surface area contributed by atoms with Gasteiger partial charge in [-0.1, -0.05) is 13.8 Å². The largest absolute Gasteiger partial charge is 0.370 e. The SMILES string of the molecule is CN=C(N)NCCC[C@@H](N)C(=O)C(C)C. The van der Waals surface area contributed by atoms with Gasteiger partial charge in [0, 0.05) is 19.5 Å². The number of carbonyl (C=O) groups excluding carboxylic acids is 1. The normalized spacial score (nSPS) is 14.1. The van der Waals surface area contributed by atoms with E-state index in [-0.39, 0.29) is 17.7 Å². The third-order valence-corrected chi connectivity index (χ3v) is 2.17. The zero-order chi connectivity index (χ0) is 11.8. The molecule has 0 spiro atoms. The van der Waals surface area contributed by atoms with Gasteiger partial charge in [0.2, 0.25) is 0 Å². The summed E-state index contributed by atoms with van der Waals surface area (Å²) in [7, 11) is 1.62. The summed E-state index contributed by atoms with van der Waals surface area (Å²) in [6.45, 7) is 4.42. The van der Waals surface area contributed by atoms with E-state index in [1.54, 1.807) is 7.05 Å². The van der Waals surface area contributed by atoms with Crippen LogP contribution in [0.25, 0.3) is 0 Å². The smallest absolute Gasteiger partial charge is 0.188 e. The minimum atomic E-state index is -0.355. The van der Waals surface area contributed by atoms with Gasteiger partial charge in [0.1, 0.15) is 0 Å². The molecule has 5 N–H and O–H groups in total. The summed E-state index contributed by atoms with van der Waals surface area (Å²) in [6, 6.07) is -0.355. The zero-order valence-electron chi connectivity index (χ0n) is 9.79. The third-order valence-electron chi connectivity index (χ3n) is 2.17. The lowest BCUT2D eigenvalue weighted by Gasteiger charge is -2.13. The average molecular weight is 214 g/mol. The first-order valence-electron chi connectivity index (χ1n) is 5.24. The summed E-state index contributed by atoms with van der Waals surface area (Å²) < 4.78 is 0. The van der Waals surface area contributed by atoms with Crippen molar-refractivity contribution in [3.63, 3.8) is 0 Å². The van der Waals surface area contributed by atoms with Crippen molar-refractivity contribution in [1.29, 1.82) is 0 Å².